The standard InChI is InChI=1S/C21H18Cl2N2/c1-2-16-9-11-17(12-10-16)15-24-25(20-7-3-5-18(22)13-20)21-8-4-6-19(23)14-21/h3-15H,2H2,1H3. The van der Waals surface area contributed by atoms with Gasteiger partial charge in [0.15, 0.2) is 0 Å². The summed E-state index contributed by atoms with van der Waals surface area (Å²) in [7, 11) is 0. The van der Waals surface area contributed by atoms with E-state index in [1.807, 2.05) is 59.8 Å². The lowest BCUT2D eigenvalue weighted by Gasteiger charge is -2.19. The largest absolute Gasteiger partial charge is 0.234 e. The van der Waals surface area contributed by atoms with E-state index in [2.05, 4.69) is 36.3 Å². The molecule has 3 aromatic rings. The molecule has 0 fully saturated rings. The average Bonchev–Trinajstić information content (AvgIpc) is 2.63. The zero-order valence-corrected chi connectivity index (χ0v) is 15.4. The quantitative estimate of drug-likeness (QED) is 0.360. The van der Waals surface area contributed by atoms with Gasteiger partial charge in [0, 0.05) is 10.0 Å². The van der Waals surface area contributed by atoms with Gasteiger partial charge in [0.05, 0.1) is 17.6 Å². The maximum Gasteiger partial charge on any atom is 0.0667 e. The van der Waals surface area contributed by atoms with Crippen LogP contribution in [-0.4, -0.2) is 6.21 Å². The average molecular weight is 369 g/mol. The first-order chi connectivity index (χ1) is 12.2. The van der Waals surface area contributed by atoms with Gasteiger partial charge in [-0.05, 0) is 53.9 Å². The van der Waals surface area contributed by atoms with Crippen molar-refractivity contribution in [3.8, 4) is 0 Å². The molecule has 0 saturated carbocycles. The van der Waals surface area contributed by atoms with Gasteiger partial charge in [-0.3, -0.25) is 0 Å². The highest BCUT2D eigenvalue weighted by Gasteiger charge is 2.09. The molecule has 3 rings (SSSR count). The van der Waals surface area contributed by atoms with E-state index in [9.17, 15) is 0 Å². The van der Waals surface area contributed by atoms with Crippen LogP contribution in [0.2, 0.25) is 10.0 Å². The van der Waals surface area contributed by atoms with Crippen molar-refractivity contribution >= 4 is 40.8 Å². The van der Waals surface area contributed by atoms with Gasteiger partial charge in [-0.25, -0.2) is 5.01 Å². The molecule has 0 aliphatic carbocycles. The van der Waals surface area contributed by atoms with E-state index in [1.165, 1.54) is 5.56 Å². The summed E-state index contributed by atoms with van der Waals surface area (Å²) in [6, 6.07) is 23.5. The van der Waals surface area contributed by atoms with E-state index in [0.717, 1.165) is 23.4 Å². The van der Waals surface area contributed by atoms with Gasteiger partial charge >= 0.3 is 0 Å². The van der Waals surface area contributed by atoms with E-state index < -0.39 is 0 Å². The first-order valence-electron chi connectivity index (χ1n) is 8.10. The number of hydrogen-bond donors (Lipinski definition) is 0. The SMILES string of the molecule is CCc1ccc(C=NN(c2cccc(Cl)c2)c2cccc(Cl)c2)cc1. The lowest BCUT2D eigenvalue weighted by Crippen LogP contribution is -2.09. The molecule has 0 spiro atoms. The maximum atomic E-state index is 6.15. The third-order valence-corrected chi connectivity index (χ3v) is 4.29. The summed E-state index contributed by atoms with van der Waals surface area (Å²) in [5.41, 5.74) is 4.08. The highest BCUT2D eigenvalue weighted by Crippen LogP contribution is 2.29. The second-order valence-corrected chi connectivity index (χ2v) is 6.48. The van der Waals surface area contributed by atoms with Crippen molar-refractivity contribution in [2.24, 2.45) is 5.10 Å². The highest BCUT2D eigenvalue weighted by molar-refractivity contribution is 6.31. The third kappa shape index (κ3) is 4.62. The molecule has 0 bridgehead atoms. The second-order valence-electron chi connectivity index (χ2n) is 5.61. The van der Waals surface area contributed by atoms with Crippen LogP contribution in [-0.2, 0) is 6.42 Å². The Morgan fingerprint density at radius 1 is 0.840 bits per heavy atom. The highest BCUT2D eigenvalue weighted by atomic mass is 35.5. The van der Waals surface area contributed by atoms with Crippen molar-refractivity contribution in [3.05, 3.63) is 94.0 Å². The first-order valence-corrected chi connectivity index (χ1v) is 8.85. The Bertz CT molecular complexity index is 828. The zero-order valence-electron chi connectivity index (χ0n) is 13.9. The number of halogens is 2. The monoisotopic (exact) mass is 368 g/mol. The zero-order chi connectivity index (χ0) is 17.6. The van der Waals surface area contributed by atoms with E-state index >= 15 is 0 Å². The molecule has 25 heavy (non-hydrogen) atoms. The van der Waals surface area contributed by atoms with Crippen molar-refractivity contribution in [2.45, 2.75) is 13.3 Å². The Labute approximate surface area is 158 Å². The molecular formula is C21H18Cl2N2. The molecule has 0 N–H and O–H groups in total. The molecule has 4 heteroatoms. The van der Waals surface area contributed by atoms with E-state index in [-0.39, 0.29) is 0 Å². The van der Waals surface area contributed by atoms with Gasteiger partial charge in [-0.1, -0.05) is 66.5 Å². The van der Waals surface area contributed by atoms with Gasteiger partial charge in [0.25, 0.3) is 0 Å². The fourth-order valence-electron chi connectivity index (χ4n) is 2.46. The Balaban J connectivity index is 1.97. The number of aryl methyl sites for hydroxylation is 1. The normalized spacial score (nSPS) is 11.0. The summed E-state index contributed by atoms with van der Waals surface area (Å²) >= 11 is 12.3. The molecule has 0 aliphatic rings. The summed E-state index contributed by atoms with van der Waals surface area (Å²) < 4.78 is 0. The minimum Gasteiger partial charge on any atom is -0.234 e. The number of rotatable bonds is 5. The molecule has 0 unspecified atom stereocenters. The van der Waals surface area contributed by atoms with Crippen LogP contribution in [0.15, 0.2) is 77.9 Å². The van der Waals surface area contributed by atoms with Crippen molar-refractivity contribution in [1.82, 2.24) is 0 Å². The summed E-state index contributed by atoms with van der Waals surface area (Å²) in [4.78, 5) is 0. The Hall–Kier alpha value is -2.29. The van der Waals surface area contributed by atoms with Gasteiger partial charge in [-0.15, -0.1) is 0 Å². The van der Waals surface area contributed by atoms with Crippen LogP contribution < -0.4 is 5.01 Å². The topological polar surface area (TPSA) is 15.6 Å². The molecule has 0 amide bonds. The lowest BCUT2D eigenvalue weighted by atomic mass is 10.1. The number of benzene rings is 3. The van der Waals surface area contributed by atoms with Crippen LogP contribution in [0.1, 0.15) is 18.1 Å². The summed E-state index contributed by atoms with van der Waals surface area (Å²) in [5, 5.41) is 7.81. The molecular weight excluding hydrogens is 351 g/mol. The van der Waals surface area contributed by atoms with E-state index in [4.69, 9.17) is 23.2 Å². The van der Waals surface area contributed by atoms with Gasteiger partial charge in [0.1, 0.15) is 0 Å². The van der Waals surface area contributed by atoms with Crippen LogP contribution >= 0.6 is 23.2 Å². The summed E-state index contributed by atoms with van der Waals surface area (Å²) in [5.74, 6) is 0. The smallest absolute Gasteiger partial charge is 0.0667 e. The van der Waals surface area contributed by atoms with Crippen LogP contribution in [0, 0.1) is 0 Å². The summed E-state index contributed by atoms with van der Waals surface area (Å²) in [6.07, 6.45) is 2.86. The number of anilines is 2. The lowest BCUT2D eigenvalue weighted by molar-refractivity contribution is 1.09. The molecule has 0 aromatic heterocycles. The molecule has 126 valence electrons. The molecule has 3 aromatic carbocycles. The fraction of sp³-hybridized carbons (Fsp3) is 0.0952. The molecule has 0 saturated heterocycles. The first kappa shape index (κ1) is 17.5. The van der Waals surface area contributed by atoms with Gasteiger partial charge in [0.2, 0.25) is 0 Å². The van der Waals surface area contributed by atoms with Crippen LogP contribution in [0.5, 0.6) is 0 Å². The van der Waals surface area contributed by atoms with Crippen LogP contribution in [0.4, 0.5) is 11.4 Å². The Morgan fingerprint density at radius 3 is 1.88 bits per heavy atom. The van der Waals surface area contributed by atoms with Crippen molar-refractivity contribution in [2.75, 3.05) is 5.01 Å². The predicted octanol–water partition coefficient (Wildman–Crippen LogP) is 6.73. The van der Waals surface area contributed by atoms with Crippen molar-refractivity contribution < 1.29 is 0 Å². The molecule has 0 atom stereocenters. The van der Waals surface area contributed by atoms with Crippen LogP contribution in [0.3, 0.4) is 0 Å². The van der Waals surface area contributed by atoms with Crippen molar-refractivity contribution in [1.29, 1.82) is 0 Å². The molecule has 0 radical (unpaired) electrons. The fourth-order valence-corrected chi connectivity index (χ4v) is 2.83. The predicted molar refractivity (Wildman–Crippen MR) is 108 cm³/mol. The Morgan fingerprint density at radius 2 is 1.40 bits per heavy atom. The molecule has 2 nitrogen and oxygen atoms in total. The molecule has 0 heterocycles. The van der Waals surface area contributed by atoms with E-state index in [1.54, 1.807) is 0 Å². The second kappa shape index (κ2) is 8.19. The number of hydrogen-bond acceptors (Lipinski definition) is 2. The third-order valence-electron chi connectivity index (χ3n) is 3.82. The minimum atomic E-state index is 0.659. The summed E-state index contributed by atoms with van der Waals surface area (Å²) in [6.45, 7) is 2.14. The Kier molecular flexibility index (Phi) is 5.75. The van der Waals surface area contributed by atoms with E-state index in [0.29, 0.717) is 10.0 Å². The maximum absolute atomic E-state index is 6.15. The molecule has 0 aliphatic heterocycles. The van der Waals surface area contributed by atoms with Gasteiger partial charge in [-0.2, -0.15) is 5.10 Å². The van der Waals surface area contributed by atoms with Crippen molar-refractivity contribution in [3.63, 3.8) is 0 Å². The van der Waals surface area contributed by atoms with Gasteiger partial charge < -0.3 is 0 Å². The number of nitrogens with zero attached hydrogens (tertiary/aromatic N) is 2. The minimum absolute atomic E-state index is 0.659. The van der Waals surface area contributed by atoms with Crippen LogP contribution in [0.25, 0.3) is 0 Å². The number of hydrazone groups is 1.